The first-order chi connectivity index (χ1) is 14.5. The van der Waals surface area contributed by atoms with E-state index in [9.17, 15) is 9.59 Å². The number of hydrogen-bond acceptors (Lipinski definition) is 4. The Morgan fingerprint density at radius 2 is 0.967 bits per heavy atom. The minimum absolute atomic E-state index is 0.387. The lowest BCUT2D eigenvalue weighted by molar-refractivity contribution is -0.133. The van der Waals surface area contributed by atoms with Crippen molar-refractivity contribution in [3.63, 3.8) is 0 Å². The average Bonchev–Trinajstić information content (AvgIpc) is 2.73. The van der Waals surface area contributed by atoms with E-state index in [1.54, 1.807) is 12.1 Å². The van der Waals surface area contributed by atoms with E-state index in [0.29, 0.717) is 22.6 Å². The van der Waals surface area contributed by atoms with Gasteiger partial charge in [-0.3, -0.25) is 9.59 Å². The standard InChI is InChI=1S/C26H22O4/c1-19(27)29-25-17-24(16-14-22-11-7-4-8-12-22)26(30-20(2)28)18-23(25)15-13-21-9-5-3-6-10-21/h3-18H,1-2H3/b15-13+,16-14+. The van der Waals surface area contributed by atoms with E-state index in [-0.39, 0.29) is 0 Å². The molecule has 30 heavy (non-hydrogen) atoms. The summed E-state index contributed by atoms with van der Waals surface area (Å²) >= 11 is 0. The van der Waals surface area contributed by atoms with Crippen LogP contribution in [0.2, 0.25) is 0 Å². The van der Waals surface area contributed by atoms with Crippen molar-refractivity contribution in [2.24, 2.45) is 0 Å². The number of carbonyl (C=O) groups excluding carboxylic acids is 2. The molecular formula is C26H22O4. The third-order valence-electron chi connectivity index (χ3n) is 4.16. The second-order valence-corrected chi connectivity index (χ2v) is 6.60. The van der Waals surface area contributed by atoms with E-state index >= 15 is 0 Å². The second-order valence-electron chi connectivity index (χ2n) is 6.60. The zero-order chi connectivity index (χ0) is 21.3. The van der Waals surface area contributed by atoms with Gasteiger partial charge in [-0.1, -0.05) is 85.0 Å². The maximum atomic E-state index is 11.6. The minimum Gasteiger partial charge on any atom is -0.426 e. The molecule has 0 atom stereocenters. The summed E-state index contributed by atoms with van der Waals surface area (Å²) in [6.07, 6.45) is 7.45. The summed E-state index contributed by atoms with van der Waals surface area (Å²) in [5.41, 5.74) is 3.24. The molecule has 150 valence electrons. The van der Waals surface area contributed by atoms with Gasteiger partial charge in [0, 0.05) is 25.0 Å². The fourth-order valence-electron chi connectivity index (χ4n) is 2.84. The van der Waals surface area contributed by atoms with Gasteiger partial charge in [0.2, 0.25) is 0 Å². The molecule has 3 rings (SSSR count). The molecule has 0 heterocycles. The molecule has 0 saturated heterocycles. The van der Waals surface area contributed by atoms with Gasteiger partial charge in [-0.25, -0.2) is 0 Å². The molecule has 0 radical (unpaired) electrons. The Balaban J connectivity index is 2.05. The summed E-state index contributed by atoms with van der Waals surface area (Å²) in [5, 5.41) is 0. The van der Waals surface area contributed by atoms with E-state index < -0.39 is 11.9 Å². The first-order valence-electron chi connectivity index (χ1n) is 9.52. The van der Waals surface area contributed by atoms with Crippen molar-refractivity contribution in [2.75, 3.05) is 0 Å². The molecule has 3 aromatic carbocycles. The summed E-state index contributed by atoms with van der Waals surface area (Å²) in [7, 11) is 0. The van der Waals surface area contributed by atoms with E-state index in [2.05, 4.69) is 0 Å². The molecule has 4 heteroatoms. The molecule has 0 unspecified atom stereocenters. The highest BCUT2D eigenvalue weighted by Gasteiger charge is 2.12. The fraction of sp³-hybridized carbons (Fsp3) is 0.0769. The first-order valence-corrected chi connectivity index (χ1v) is 9.52. The van der Waals surface area contributed by atoms with Crippen LogP contribution in [-0.2, 0) is 9.59 Å². The zero-order valence-corrected chi connectivity index (χ0v) is 16.9. The number of carbonyl (C=O) groups is 2. The monoisotopic (exact) mass is 398 g/mol. The Hall–Kier alpha value is -3.92. The second kappa shape index (κ2) is 10.0. The van der Waals surface area contributed by atoms with Crippen molar-refractivity contribution in [1.29, 1.82) is 0 Å². The highest BCUT2D eigenvalue weighted by Crippen LogP contribution is 2.32. The quantitative estimate of drug-likeness (QED) is 0.296. The van der Waals surface area contributed by atoms with Gasteiger partial charge in [-0.2, -0.15) is 0 Å². The van der Waals surface area contributed by atoms with E-state index in [1.165, 1.54) is 13.8 Å². The van der Waals surface area contributed by atoms with Crippen LogP contribution in [0, 0.1) is 0 Å². The van der Waals surface area contributed by atoms with E-state index in [1.807, 2.05) is 85.0 Å². The molecule has 0 bridgehead atoms. The number of benzene rings is 3. The van der Waals surface area contributed by atoms with E-state index in [4.69, 9.17) is 9.47 Å². The van der Waals surface area contributed by atoms with Crippen LogP contribution < -0.4 is 9.47 Å². The lowest BCUT2D eigenvalue weighted by Crippen LogP contribution is -2.06. The van der Waals surface area contributed by atoms with Crippen molar-refractivity contribution in [3.8, 4) is 11.5 Å². The van der Waals surface area contributed by atoms with Gasteiger partial charge < -0.3 is 9.47 Å². The molecule has 0 N–H and O–H groups in total. The number of hydrogen-bond donors (Lipinski definition) is 0. The van der Waals surface area contributed by atoms with Crippen LogP contribution in [0.3, 0.4) is 0 Å². The Bertz CT molecular complexity index is 992. The maximum absolute atomic E-state index is 11.6. The molecule has 0 aliphatic carbocycles. The fourth-order valence-corrected chi connectivity index (χ4v) is 2.84. The summed E-state index contributed by atoms with van der Waals surface area (Å²) in [5.74, 6) is -0.0817. The highest BCUT2D eigenvalue weighted by atomic mass is 16.5. The molecule has 0 fully saturated rings. The van der Waals surface area contributed by atoms with Crippen LogP contribution in [0.25, 0.3) is 24.3 Å². The van der Waals surface area contributed by atoms with Crippen molar-refractivity contribution in [3.05, 3.63) is 95.1 Å². The molecule has 4 nitrogen and oxygen atoms in total. The van der Waals surface area contributed by atoms with Crippen molar-refractivity contribution < 1.29 is 19.1 Å². The normalized spacial score (nSPS) is 11.0. The Labute approximate surface area is 176 Å². The van der Waals surface area contributed by atoms with Gasteiger partial charge in [0.1, 0.15) is 11.5 Å². The maximum Gasteiger partial charge on any atom is 0.308 e. The molecule has 0 aliphatic rings. The first kappa shape index (κ1) is 20.8. The van der Waals surface area contributed by atoms with Gasteiger partial charge in [0.05, 0.1) is 0 Å². The lowest BCUT2D eigenvalue weighted by Gasteiger charge is -2.12. The smallest absolute Gasteiger partial charge is 0.308 e. The van der Waals surface area contributed by atoms with Crippen LogP contribution in [0.5, 0.6) is 11.5 Å². The summed E-state index contributed by atoms with van der Waals surface area (Å²) in [6.45, 7) is 2.70. The zero-order valence-electron chi connectivity index (χ0n) is 16.9. The van der Waals surface area contributed by atoms with Crippen LogP contribution in [0.1, 0.15) is 36.1 Å². The molecule has 0 spiro atoms. The highest BCUT2D eigenvalue weighted by molar-refractivity contribution is 5.82. The molecular weight excluding hydrogens is 376 g/mol. The van der Waals surface area contributed by atoms with Gasteiger partial charge in [0.15, 0.2) is 0 Å². The van der Waals surface area contributed by atoms with Gasteiger partial charge in [-0.05, 0) is 23.3 Å². The third kappa shape index (κ3) is 6.04. The minimum atomic E-state index is -0.428. The molecule has 0 amide bonds. The summed E-state index contributed by atoms with van der Waals surface area (Å²) in [4.78, 5) is 23.3. The van der Waals surface area contributed by atoms with Gasteiger partial charge in [-0.15, -0.1) is 0 Å². The summed E-state index contributed by atoms with van der Waals surface area (Å²) < 4.78 is 10.8. The lowest BCUT2D eigenvalue weighted by atomic mass is 10.1. The van der Waals surface area contributed by atoms with E-state index in [0.717, 1.165) is 11.1 Å². The summed E-state index contributed by atoms with van der Waals surface area (Å²) in [6, 6.07) is 22.9. The Kier molecular flexibility index (Phi) is 6.95. The van der Waals surface area contributed by atoms with Crippen LogP contribution in [0.15, 0.2) is 72.8 Å². The van der Waals surface area contributed by atoms with Crippen LogP contribution in [-0.4, -0.2) is 11.9 Å². The topological polar surface area (TPSA) is 52.6 Å². The third-order valence-corrected chi connectivity index (χ3v) is 4.16. The number of esters is 2. The Morgan fingerprint density at radius 1 is 0.600 bits per heavy atom. The number of rotatable bonds is 6. The van der Waals surface area contributed by atoms with Gasteiger partial charge >= 0.3 is 11.9 Å². The molecule has 0 saturated carbocycles. The largest absolute Gasteiger partial charge is 0.426 e. The van der Waals surface area contributed by atoms with Crippen molar-refractivity contribution in [1.82, 2.24) is 0 Å². The molecule has 3 aromatic rings. The van der Waals surface area contributed by atoms with Crippen LogP contribution >= 0.6 is 0 Å². The van der Waals surface area contributed by atoms with Crippen molar-refractivity contribution >= 4 is 36.2 Å². The predicted molar refractivity (Wildman–Crippen MR) is 120 cm³/mol. The average molecular weight is 398 g/mol. The van der Waals surface area contributed by atoms with Crippen LogP contribution in [0.4, 0.5) is 0 Å². The predicted octanol–water partition coefficient (Wildman–Crippen LogP) is 5.88. The van der Waals surface area contributed by atoms with Gasteiger partial charge in [0.25, 0.3) is 0 Å². The number of ether oxygens (including phenoxy) is 2. The Morgan fingerprint density at radius 3 is 1.30 bits per heavy atom. The SMILES string of the molecule is CC(=O)Oc1cc(/C=C/c2ccccc2)c(OC(C)=O)cc1/C=C/c1ccccc1. The molecule has 0 aromatic heterocycles. The molecule has 0 aliphatic heterocycles. The van der Waals surface area contributed by atoms with Crippen molar-refractivity contribution in [2.45, 2.75) is 13.8 Å².